The number of anilines is 3. The van der Waals surface area contributed by atoms with E-state index in [0.29, 0.717) is 0 Å². The van der Waals surface area contributed by atoms with Crippen molar-refractivity contribution < 1.29 is 9.90 Å². The van der Waals surface area contributed by atoms with Crippen molar-refractivity contribution in [1.29, 1.82) is 0 Å². The summed E-state index contributed by atoms with van der Waals surface area (Å²) >= 11 is 1.51. The molecule has 0 atom stereocenters. The first-order valence-corrected chi connectivity index (χ1v) is 7.58. The minimum atomic E-state index is -0.0956. The summed E-state index contributed by atoms with van der Waals surface area (Å²) in [5.74, 6) is 0.177. The third-order valence-electron chi connectivity index (χ3n) is 3.16. The highest BCUT2D eigenvalue weighted by Gasteiger charge is 2.06. The number of aromatic hydroxyl groups is 1. The van der Waals surface area contributed by atoms with Crippen LogP contribution in [0, 0.1) is 6.92 Å². The summed E-state index contributed by atoms with van der Waals surface area (Å²) in [6, 6.07) is 10.9. The number of carbonyl (C=O) groups excluding carboxylic acids is 1. The van der Waals surface area contributed by atoms with Crippen molar-refractivity contribution >= 4 is 44.0 Å². The lowest BCUT2D eigenvalue weighted by Gasteiger charge is -2.04. The second-order valence-electron chi connectivity index (χ2n) is 5.01. The van der Waals surface area contributed by atoms with E-state index in [1.807, 2.05) is 31.2 Å². The maximum Gasteiger partial charge on any atom is 0.221 e. The van der Waals surface area contributed by atoms with Crippen LogP contribution in [-0.4, -0.2) is 16.0 Å². The van der Waals surface area contributed by atoms with Crippen molar-refractivity contribution in [2.45, 2.75) is 13.8 Å². The van der Waals surface area contributed by atoms with Crippen LogP contribution in [0.2, 0.25) is 0 Å². The van der Waals surface area contributed by atoms with Crippen LogP contribution in [-0.2, 0) is 4.79 Å². The van der Waals surface area contributed by atoms with Crippen molar-refractivity contribution in [3.8, 4) is 5.75 Å². The van der Waals surface area contributed by atoms with Crippen LogP contribution in [0.15, 0.2) is 36.4 Å². The monoisotopic (exact) mass is 313 g/mol. The number of nitrogens with one attached hydrogen (secondary N) is 2. The van der Waals surface area contributed by atoms with E-state index in [4.69, 9.17) is 0 Å². The summed E-state index contributed by atoms with van der Waals surface area (Å²) in [6.45, 7) is 3.33. The van der Waals surface area contributed by atoms with E-state index in [1.54, 1.807) is 12.1 Å². The fraction of sp³-hybridized carbons (Fsp3) is 0.125. The molecule has 3 aromatic rings. The Kier molecular flexibility index (Phi) is 3.68. The number of rotatable bonds is 3. The smallest absolute Gasteiger partial charge is 0.221 e. The Morgan fingerprint density at radius 2 is 1.95 bits per heavy atom. The number of aryl methyl sites for hydroxylation is 1. The molecule has 2 aromatic carbocycles. The van der Waals surface area contributed by atoms with Crippen LogP contribution in [0.4, 0.5) is 16.5 Å². The Bertz CT molecular complexity index is 858. The summed E-state index contributed by atoms with van der Waals surface area (Å²) in [7, 11) is 0. The summed E-state index contributed by atoms with van der Waals surface area (Å²) in [5, 5.41) is 16.3. The first-order valence-electron chi connectivity index (χ1n) is 6.76. The van der Waals surface area contributed by atoms with Gasteiger partial charge in [-0.15, -0.1) is 0 Å². The predicted octanol–water partition coefficient (Wildman–Crippen LogP) is 4.01. The number of phenols is 1. The van der Waals surface area contributed by atoms with Gasteiger partial charge in [0.1, 0.15) is 5.75 Å². The van der Waals surface area contributed by atoms with Gasteiger partial charge in [-0.1, -0.05) is 11.3 Å². The van der Waals surface area contributed by atoms with Gasteiger partial charge in [0.2, 0.25) is 5.91 Å². The molecule has 0 radical (unpaired) electrons. The van der Waals surface area contributed by atoms with E-state index in [2.05, 4.69) is 15.6 Å². The van der Waals surface area contributed by atoms with Crippen molar-refractivity contribution in [3.63, 3.8) is 0 Å². The molecule has 3 rings (SSSR count). The Hall–Kier alpha value is -2.60. The number of thiazole rings is 1. The minimum Gasteiger partial charge on any atom is -0.508 e. The standard InChI is InChI=1S/C16H15N3O2S/c1-9-7-11(4-6-14(9)21)18-16-19-13-5-3-12(17-10(2)20)8-15(13)22-16/h3-8,21H,1-2H3,(H,17,20)(H,18,19). The summed E-state index contributed by atoms with van der Waals surface area (Å²) in [4.78, 5) is 15.6. The molecule has 6 heteroatoms. The second-order valence-corrected chi connectivity index (χ2v) is 6.04. The quantitative estimate of drug-likeness (QED) is 0.639. The van der Waals surface area contributed by atoms with E-state index in [-0.39, 0.29) is 11.7 Å². The highest BCUT2D eigenvalue weighted by Crippen LogP contribution is 2.31. The molecule has 0 unspecified atom stereocenters. The minimum absolute atomic E-state index is 0.0956. The highest BCUT2D eigenvalue weighted by atomic mass is 32.1. The molecular weight excluding hydrogens is 298 g/mol. The molecule has 5 nitrogen and oxygen atoms in total. The molecule has 112 valence electrons. The van der Waals surface area contributed by atoms with Crippen LogP contribution in [0.3, 0.4) is 0 Å². The average molecular weight is 313 g/mol. The normalized spacial score (nSPS) is 10.6. The second kappa shape index (κ2) is 5.65. The first-order chi connectivity index (χ1) is 10.5. The summed E-state index contributed by atoms with van der Waals surface area (Å²) < 4.78 is 0.990. The van der Waals surface area contributed by atoms with Gasteiger partial charge in [-0.25, -0.2) is 4.98 Å². The lowest BCUT2D eigenvalue weighted by molar-refractivity contribution is -0.114. The number of phenolic OH excluding ortho intramolecular Hbond substituents is 1. The van der Waals surface area contributed by atoms with Crippen molar-refractivity contribution in [2.75, 3.05) is 10.6 Å². The zero-order valence-corrected chi connectivity index (χ0v) is 13.0. The number of amides is 1. The Morgan fingerprint density at radius 3 is 2.68 bits per heavy atom. The Morgan fingerprint density at radius 1 is 1.18 bits per heavy atom. The topological polar surface area (TPSA) is 74.2 Å². The van der Waals surface area contributed by atoms with Gasteiger partial charge in [0, 0.05) is 18.3 Å². The summed E-state index contributed by atoms with van der Waals surface area (Å²) in [6.07, 6.45) is 0. The molecule has 0 saturated carbocycles. The van der Waals surface area contributed by atoms with E-state index in [1.165, 1.54) is 18.3 Å². The molecule has 0 aliphatic carbocycles. The average Bonchev–Trinajstić information content (AvgIpc) is 2.83. The van der Waals surface area contributed by atoms with Crippen molar-refractivity contribution in [2.24, 2.45) is 0 Å². The van der Waals surface area contributed by atoms with Crippen molar-refractivity contribution in [3.05, 3.63) is 42.0 Å². The first kappa shape index (κ1) is 14.3. The molecule has 1 amide bonds. The molecule has 0 aliphatic rings. The van der Waals surface area contributed by atoms with Crippen LogP contribution >= 0.6 is 11.3 Å². The maximum absolute atomic E-state index is 11.1. The molecular formula is C16H15N3O2S. The molecule has 0 bridgehead atoms. The van der Waals surface area contributed by atoms with Gasteiger partial charge in [0.15, 0.2) is 5.13 Å². The molecule has 22 heavy (non-hydrogen) atoms. The Labute approximate surface area is 131 Å². The van der Waals surface area contributed by atoms with Crippen LogP contribution in [0.25, 0.3) is 10.2 Å². The third kappa shape index (κ3) is 3.01. The molecule has 0 saturated heterocycles. The third-order valence-corrected chi connectivity index (χ3v) is 4.09. The largest absolute Gasteiger partial charge is 0.508 e. The van der Waals surface area contributed by atoms with Crippen LogP contribution in [0.1, 0.15) is 12.5 Å². The SMILES string of the molecule is CC(=O)Nc1ccc2nc(Nc3ccc(O)c(C)c3)sc2c1. The van der Waals surface area contributed by atoms with E-state index < -0.39 is 0 Å². The Balaban J connectivity index is 1.88. The number of nitrogens with zero attached hydrogens (tertiary/aromatic N) is 1. The molecule has 1 heterocycles. The van der Waals surface area contributed by atoms with Gasteiger partial charge in [-0.3, -0.25) is 4.79 Å². The number of fused-ring (bicyclic) bond motifs is 1. The molecule has 0 spiro atoms. The molecule has 1 aromatic heterocycles. The van der Waals surface area contributed by atoms with Crippen LogP contribution in [0.5, 0.6) is 5.75 Å². The number of carbonyl (C=O) groups is 1. The molecule has 0 fully saturated rings. The zero-order chi connectivity index (χ0) is 15.7. The van der Waals surface area contributed by atoms with E-state index >= 15 is 0 Å². The number of aromatic nitrogens is 1. The fourth-order valence-corrected chi connectivity index (χ4v) is 3.04. The van der Waals surface area contributed by atoms with Crippen molar-refractivity contribution in [1.82, 2.24) is 4.98 Å². The van der Waals surface area contributed by atoms with Gasteiger partial charge >= 0.3 is 0 Å². The lowest BCUT2D eigenvalue weighted by Crippen LogP contribution is -2.05. The predicted molar refractivity (Wildman–Crippen MR) is 90.1 cm³/mol. The molecule has 3 N–H and O–H groups in total. The van der Waals surface area contributed by atoms with Gasteiger partial charge in [-0.2, -0.15) is 0 Å². The van der Waals surface area contributed by atoms with Gasteiger partial charge in [0.05, 0.1) is 10.2 Å². The van der Waals surface area contributed by atoms with Gasteiger partial charge < -0.3 is 15.7 Å². The van der Waals surface area contributed by atoms with Gasteiger partial charge in [0.25, 0.3) is 0 Å². The maximum atomic E-state index is 11.1. The van der Waals surface area contributed by atoms with Crippen LogP contribution < -0.4 is 10.6 Å². The van der Waals surface area contributed by atoms with Gasteiger partial charge in [-0.05, 0) is 48.9 Å². The number of hydrogen-bond donors (Lipinski definition) is 3. The van der Waals surface area contributed by atoms with E-state index in [9.17, 15) is 9.90 Å². The molecule has 0 aliphatic heterocycles. The lowest BCUT2D eigenvalue weighted by atomic mass is 10.2. The fourth-order valence-electron chi connectivity index (χ4n) is 2.12. The summed E-state index contributed by atoms with van der Waals surface area (Å²) in [5.41, 5.74) is 3.31. The number of benzene rings is 2. The van der Waals surface area contributed by atoms with E-state index in [0.717, 1.165) is 32.3 Å². The highest BCUT2D eigenvalue weighted by molar-refractivity contribution is 7.22. The zero-order valence-electron chi connectivity index (χ0n) is 12.2. The number of hydrogen-bond acceptors (Lipinski definition) is 5.